The van der Waals surface area contributed by atoms with E-state index in [4.69, 9.17) is 14.2 Å². The Morgan fingerprint density at radius 3 is 2.42 bits per heavy atom. The second-order valence-corrected chi connectivity index (χ2v) is 8.78. The molecule has 2 aliphatic carbocycles. The van der Waals surface area contributed by atoms with Crippen molar-refractivity contribution in [1.29, 1.82) is 0 Å². The van der Waals surface area contributed by atoms with Gasteiger partial charge in [-0.3, -0.25) is 9.59 Å². The van der Waals surface area contributed by atoms with Crippen LogP contribution in [0.4, 0.5) is 0 Å². The predicted octanol–water partition coefficient (Wildman–Crippen LogP) is 3.29. The highest BCUT2D eigenvalue weighted by molar-refractivity contribution is 6.07. The lowest BCUT2D eigenvalue weighted by Crippen LogP contribution is -2.49. The number of ketones is 1. The van der Waals surface area contributed by atoms with Crippen molar-refractivity contribution in [3.05, 3.63) is 25.3 Å². The van der Waals surface area contributed by atoms with Crippen LogP contribution < -0.4 is 0 Å². The molecular weight excluding hydrogens is 332 g/mol. The molecule has 3 rings (SSSR count). The number of allylic oxidation sites excluding steroid dienone is 2. The first-order valence-corrected chi connectivity index (χ1v) is 9.38. The maximum atomic E-state index is 13.3. The molecule has 1 spiro atoms. The molecule has 0 aromatic heterocycles. The smallest absolute Gasteiger partial charge is 0.319 e. The Bertz CT molecular complexity index is 612. The molecule has 0 radical (unpaired) electrons. The minimum absolute atomic E-state index is 0.0279. The van der Waals surface area contributed by atoms with Crippen LogP contribution in [0.2, 0.25) is 0 Å². The Hall–Kier alpha value is -1.46. The number of rotatable bonds is 5. The van der Waals surface area contributed by atoms with Crippen molar-refractivity contribution >= 4 is 11.8 Å². The van der Waals surface area contributed by atoms with Gasteiger partial charge in [0, 0.05) is 24.2 Å². The second kappa shape index (κ2) is 6.61. The van der Waals surface area contributed by atoms with Gasteiger partial charge in [-0.25, -0.2) is 0 Å². The highest BCUT2D eigenvalue weighted by Gasteiger charge is 2.69. The van der Waals surface area contributed by atoms with Crippen molar-refractivity contribution < 1.29 is 23.8 Å². The first kappa shape index (κ1) is 19.3. The van der Waals surface area contributed by atoms with Gasteiger partial charge in [0.05, 0.1) is 20.3 Å². The van der Waals surface area contributed by atoms with Crippen molar-refractivity contribution in [3.63, 3.8) is 0 Å². The monoisotopic (exact) mass is 362 g/mol. The first-order valence-electron chi connectivity index (χ1n) is 9.38. The third kappa shape index (κ3) is 2.76. The van der Waals surface area contributed by atoms with E-state index in [2.05, 4.69) is 27.0 Å². The Morgan fingerprint density at radius 1 is 1.23 bits per heavy atom. The van der Waals surface area contributed by atoms with Crippen molar-refractivity contribution in [1.82, 2.24) is 0 Å². The van der Waals surface area contributed by atoms with Crippen LogP contribution in [0.25, 0.3) is 0 Å². The van der Waals surface area contributed by atoms with Gasteiger partial charge in [0.15, 0.2) is 11.6 Å². The van der Waals surface area contributed by atoms with Crippen LogP contribution in [-0.4, -0.2) is 37.9 Å². The van der Waals surface area contributed by atoms with E-state index in [1.807, 2.05) is 0 Å². The summed E-state index contributed by atoms with van der Waals surface area (Å²) in [6, 6.07) is 0. The molecule has 4 atom stereocenters. The van der Waals surface area contributed by atoms with Crippen LogP contribution >= 0.6 is 0 Å². The van der Waals surface area contributed by atoms with Crippen molar-refractivity contribution in [2.75, 3.05) is 20.3 Å². The molecule has 0 bridgehead atoms. The molecule has 26 heavy (non-hydrogen) atoms. The number of ether oxygens (including phenoxy) is 3. The number of hydrogen-bond acceptors (Lipinski definition) is 5. The number of carbonyl (C=O) groups excluding carboxylic acids is 2. The molecule has 5 nitrogen and oxygen atoms in total. The highest BCUT2D eigenvalue weighted by Crippen LogP contribution is 2.62. The first-order chi connectivity index (χ1) is 12.2. The van der Waals surface area contributed by atoms with Gasteiger partial charge in [-0.2, -0.15) is 0 Å². The molecule has 1 heterocycles. The lowest BCUT2D eigenvalue weighted by molar-refractivity contribution is -0.298. The summed E-state index contributed by atoms with van der Waals surface area (Å²) >= 11 is 0. The Labute approximate surface area is 155 Å². The molecule has 1 aliphatic heterocycles. The molecule has 0 aromatic carbocycles. The van der Waals surface area contributed by atoms with E-state index in [1.54, 1.807) is 12.2 Å². The number of hydrogen-bond donors (Lipinski definition) is 0. The third-order valence-electron chi connectivity index (χ3n) is 6.41. The van der Waals surface area contributed by atoms with Crippen LogP contribution in [0.15, 0.2) is 25.3 Å². The van der Waals surface area contributed by atoms with E-state index >= 15 is 0 Å². The van der Waals surface area contributed by atoms with Gasteiger partial charge in [0.1, 0.15) is 5.41 Å². The summed E-state index contributed by atoms with van der Waals surface area (Å²) in [6.07, 6.45) is 5.42. The zero-order valence-corrected chi connectivity index (χ0v) is 16.1. The van der Waals surface area contributed by atoms with Crippen LogP contribution in [0, 0.1) is 28.6 Å². The van der Waals surface area contributed by atoms with E-state index in [0.29, 0.717) is 32.5 Å². The maximum Gasteiger partial charge on any atom is 0.319 e. The number of esters is 1. The molecule has 5 heteroatoms. The third-order valence-corrected chi connectivity index (χ3v) is 6.41. The Morgan fingerprint density at radius 2 is 1.88 bits per heavy atom. The lowest BCUT2D eigenvalue weighted by atomic mass is 9.72. The molecular formula is C21H30O5. The topological polar surface area (TPSA) is 61.8 Å². The Balaban J connectivity index is 1.98. The number of carbonyl (C=O) groups is 2. The fraction of sp³-hybridized carbons (Fsp3) is 0.714. The predicted molar refractivity (Wildman–Crippen MR) is 97.2 cm³/mol. The summed E-state index contributed by atoms with van der Waals surface area (Å²) in [6.45, 7) is 13.0. The van der Waals surface area contributed by atoms with E-state index in [-0.39, 0.29) is 35.4 Å². The largest absolute Gasteiger partial charge is 0.468 e. The molecule has 0 unspecified atom stereocenters. The molecule has 2 saturated carbocycles. The molecule has 3 aliphatic rings. The van der Waals surface area contributed by atoms with Crippen molar-refractivity contribution in [3.8, 4) is 0 Å². The average Bonchev–Trinajstić information content (AvgIpc) is 3.07. The molecule has 144 valence electrons. The van der Waals surface area contributed by atoms with E-state index in [0.717, 1.165) is 0 Å². The van der Waals surface area contributed by atoms with Crippen LogP contribution in [-0.2, 0) is 23.8 Å². The van der Waals surface area contributed by atoms with Crippen molar-refractivity contribution in [2.24, 2.45) is 28.6 Å². The number of Topliss-reactive ketones (excluding diaryl/α,β-unsaturated/α-hetero) is 1. The molecule has 3 fully saturated rings. The minimum atomic E-state index is -1.18. The SMILES string of the molecule is C=CC[C@H]1C(=O)[C@](CC=C)(C(=O)OC)[C@@H]2CC3(C[C@@H]21)OCC(C)(C)CO3. The van der Waals surface area contributed by atoms with Gasteiger partial charge in [0.2, 0.25) is 0 Å². The lowest BCUT2D eigenvalue weighted by Gasteiger charge is -2.43. The molecule has 0 N–H and O–H groups in total. The minimum Gasteiger partial charge on any atom is -0.468 e. The zero-order valence-electron chi connectivity index (χ0n) is 16.1. The summed E-state index contributed by atoms with van der Waals surface area (Å²) in [7, 11) is 1.34. The highest BCUT2D eigenvalue weighted by atomic mass is 16.7. The second-order valence-electron chi connectivity index (χ2n) is 8.78. The van der Waals surface area contributed by atoms with Crippen LogP contribution in [0.1, 0.15) is 39.5 Å². The van der Waals surface area contributed by atoms with Gasteiger partial charge >= 0.3 is 5.97 Å². The van der Waals surface area contributed by atoms with Crippen molar-refractivity contribution in [2.45, 2.75) is 45.3 Å². The summed E-state index contributed by atoms with van der Waals surface area (Å²) in [5.74, 6) is -1.58. The zero-order chi connectivity index (χ0) is 19.2. The van der Waals surface area contributed by atoms with Gasteiger partial charge in [-0.05, 0) is 24.7 Å². The summed E-state index contributed by atoms with van der Waals surface area (Å²) in [5, 5.41) is 0. The standard InChI is InChI=1S/C21H30O5/c1-6-8-14-15-10-20(25-12-19(3,4)13-26-20)11-16(15)21(9-7-2,17(14)22)18(23)24-5/h6-7,14-16H,1-2,8-13H2,3-5H3/t14-,15-,16-,21-/m1/s1. The van der Waals surface area contributed by atoms with Gasteiger partial charge in [-0.15, -0.1) is 13.2 Å². The normalized spacial score (nSPS) is 37.3. The molecule has 0 amide bonds. The number of fused-ring (bicyclic) bond motifs is 1. The fourth-order valence-electron chi connectivity index (χ4n) is 5.17. The van der Waals surface area contributed by atoms with Gasteiger partial charge < -0.3 is 14.2 Å². The summed E-state index contributed by atoms with van der Waals surface area (Å²) in [4.78, 5) is 26.1. The van der Waals surface area contributed by atoms with Gasteiger partial charge in [0.25, 0.3) is 0 Å². The van der Waals surface area contributed by atoms with E-state index in [1.165, 1.54) is 7.11 Å². The van der Waals surface area contributed by atoms with E-state index < -0.39 is 17.2 Å². The Kier molecular flexibility index (Phi) is 4.91. The molecule has 0 aromatic rings. The summed E-state index contributed by atoms with van der Waals surface area (Å²) in [5.41, 5.74) is -1.21. The summed E-state index contributed by atoms with van der Waals surface area (Å²) < 4.78 is 17.5. The fourth-order valence-corrected chi connectivity index (χ4v) is 5.17. The quantitative estimate of drug-likeness (QED) is 0.427. The maximum absolute atomic E-state index is 13.3. The molecule has 1 saturated heterocycles. The van der Waals surface area contributed by atoms with Crippen LogP contribution in [0.5, 0.6) is 0 Å². The van der Waals surface area contributed by atoms with Crippen LogP contribution in [0.3, 0.4) is 0 Å². The van der Waals surface area contributed by atoms with E-state index in [9.17, 15) is 9.59 Å². The number of methoxy groups -OCH3 is 1. The van der Waals surface area contributed by atoms with Gasteiger partial charge in [-0.1, -0.05) is 26.0 Å². The average molecular weight is 362 g/mol.